The second kappa shape index (κ2) is 4.52. The van der Waals surface area contributed by atoms with Crippen molar-refractivity contribution < 1.29 is 9.90 Å². The van der Waals surface area contributed by atoms with Crippen LogP contribution in [0.2, 0.25) is 0 Å². The molecule has 3 atom stereocenters. The van der Waals surface area contributed by atoms with E-state index in [1.54, 1.807) is 0 Å². The van der Waals surface area contributed by atoms with Gasteiger partial charge in [0.2, 0.25) is 0 Å². The van der Waals surface area contributed by atoms with E-state index in [4.69, 9.17) is 5.11 Å². The molecule has 2 fully saturated rings. The molecule has 0 spiro atoms. The van der Waals surface area contributed by atoms with Crippen LogP contribution >= 0.6 is 0 Å². The highest BCUT2D eigenvalue weighted by Crippen LogP contribution is 2.34. The lowest BCUT2D eigenvalue weighted by molar-refractivity contribution is -0.148. The molecular weight excluding hydrogens is 190 g/mol. The van der Waals surface area contributed by atoms with E-state index in [9.17, 15) is 4.79 Å². The fraction of sp³-hybridized carbons (Fsp3) is 0.917. The van der Waals surface area contributed by atoms with Crippen molar-refractivity contribution >= 4 is 5.97 Å². The minimum atomic E-state index is -0.594. The summed E-state index contributed by atoms with van der Waals surface area (Å²) in [6.45, 7) is 4.52. The van der Waals surface area contributed by atoms with E-state index in [-0.39, 0.29) is 5.92 Å². The molecule has 1 saturated carbocycles. The summed E-state index contributed by atoms with van der Waals surface area (Å²) in [4.78, 5) is 13.4. The smallest absolute Gasteiger partial charge is 0.308 e. The SMILES string of the molecule is CC1CCCN(C2CCC2C(=O)O)CC1. The molecule has 3 heteroatoms. The van der Waals surface area contributed by atoms with Gasteiger partial charge in [-0.25, -0.2) is 0 Å². The molecule has 0 radical (unpaired) electrons. The van der Waals surface area contributed by atoms with Gasteiger partial charge in [-0.1, -0.05) is 6.92 Å². The number of nitrogens with zero attached hydrogens (tertiary/aromatic N) is 1. The molecule has 0 amide bonds. The molecule has 1 heterocycles. The zero-order valence-electron chi connectivity index (χ0n) is 9.48. The van der Waals surface area contributed by atoms with E-state index in [1.165, 1.54) is 19.3 Å². The maximum absolute atomic E-state index is 11.0. The second-order valence-electron chi connectivity index (χ2n) is 5.16. The number of carbonyl (C=O) groups is 1. The third-order valence-electron chi connectivity index (χ3n) is 4.08. The average molecular weight is 211 g/mol. The maximum atomic E-state index is 11.0. The number of carboxylic acid groups (broad SMARTS) is 1. The average Bonchev–Trinajstić information content (AvgIpc) is 2.28. The van der Waals surface area contributed by atoms with Crippen LogP contribution in [-0.2, 0) is 4.79 Å². The number of rotatable bonds is 2. The van der Waals surface area contributed by atoms with Crippen LogP contribution in [0, 0.1) is 11.8 Å². The van der Waals surface area contributed by atoms with Gasteiger partial charge in [0.05, 0.1) is 5.92 Å². The van der Waals surface area contributed by atoms with Crippen LogP contribution in [0.5, 0.6) is 0 Å². The Kier molecular flexibility index (Phi) is 3.29. The van der Waals surface area contributed by atoms with Crippen molar-refractivity contribution in [2.45, 2.75) is 45.1 Å². The molecule has 0 bridgehead atoms. The van der Waals surface area contributed by atoms with Crippen molar-refractivity contribution in [3.05, 3.63) is 0 Å². The molecule has 2 aliphatic rings. The molecule has 1 N–H and O–H groups in total. The normalized spacial score (nSPS) is 38.1. The van der Waals surface area contributed by atoms with E-state index < -0.39 is 5.97 Å². The van der Waals surface area contributed by atoms with Crippen LogP contribution in [0.25, 0.3) is 0 Å². The molecule has 2 rings (SSSR count). The summed E-state index contributed by atoms with van der Waals surface area (Å²) in [6.07, 6.45) is 5.76. The first-order valence-corrected chi connectivity index (χ1v) is 6.15. The van der Waals surface area contributed by atoms with Gasteiger partial charge in [-0.3, -0.25) is 9.69 Å². The standard InChI is InChI=1S/C12H21NO2/c1-9-3-2-7-13(8-6-9)11-5-4-10(11)12(14)15/h9-11H,2-8H2,1H3,(H,14,15). The van der Waals surface area contributed by atoms with E-state index in [2.05, 4.69) is 11.8 Å². The topological polar surface area (TPSA) is 40.5 Å². The third-order valence-corrected chi connectivity index (χ3v) is 4.08. The van der Waals surface area contributed by atoms with Crippen molar-refractivity contribution in [1.29, 1.82) is 0 Å². The van der Waals surface area contributed by atoms with E-state index in [0.717, 1.165) is 31.8 Å². The summed E-state index contributed by atoms with van der Waals surface area (Å²) in [7, 11) is 0. The van der Waals surface area contributed by atoms with Crippen molar-refractivity contribution in [3.63, 3.8) is 0 Å². The van der Waals surface area contributed by atoms with Crippen molar-refractivity contribution in [2.75, 3.05) is 13.1 Å². The van der Waals surface area contributed by atoms with Gasteiger partial charge in [0.15, 0.2) is 0 Å². The first kappa shape index (κ1) is 10.9. The fourth-order valence-corrected chi connectivity index (χ4v) is 2.82. The minimum absolute atomic E-state index is 0.0848. The van der Waals surface area contributed by atoms with Gasteiger partial charge < -0.3 is 5.11 Å². The Labute approximate surface area is 91.5 Å². The van der Waals surface area contributed by atoms with E-state index >= 15 is 0 Å². The van der Waals surface area contributed by atoms with Crippen molar-refractivity contribution in [1.82, 2.24) is 4.90 Å². The van der Waals surface area contributed by atoms with Crippen LogP contribution in [0.1, 0.15) is 39.0 Å². The third kappa shape index (κ3) is 2.33. The molecule has 15 heavy (non-hydrogen) atoms. The van der Waals surface area contributed by atoms with Crippen LogP contribution < -0.4 is 0 Å². The summed E-state index contributed by atoms with van der Waals surface area (Å²) >= 11 is 0. The Hall–Kier alpha value is -0.570. The van der Waals surface area contributed by atoms with Crippen molar-refractivity contribution in [2.24, 2.45) is 11.8 Å². The Balaban J connectivity index is 1.90. The second-order valence-corrected chi connectivity index (χ2v) is 5.16. The van der Waals surface area contributed by atoms with Gasteiger partial charge in [-0.2, -0.15) is 0 Å². The molecule has 86 valence electrons. The van der Waals surface area contributed by atoms with E-state index in [1.807, 2.05) is 0 Å². The highest BCUT2D eigenvalue weighted by atomic mass is 16.4. The molecule has 1 saturated heterocycles. The summed E-state index contributed by atoms with van der Waals surface area (Å²) in [5.74, 6) is 0.139. The quantitative estimate of drug-likeness (QED) is 0.759. The van der Waals surface area contributed by atoms with E-state index in [0.29, 0.717) is 6.04 Å². The molecule has 1 aliphatic carbocycles. The largest absolute Gasteiger partial charge is 0.481 e. The number of carboxylic acids is 1. The summed E-state index contributed by atoms with van der Waals surface area (Å²) in [5, 5.41) is 9.03. The Morgan fingerprint density at radius 3 is 2.60 bits per heavy atom. The Morgan fingerprint density at radius 2 is 2.00 bits per heavy atom. The maximum Gasteiger partial charge on any atom is 0.308 e. The summed E-state index contributed by atoms with van der Waals surface area (Å²) < 4.78 is 0. The number of aliphatic carboxylic acids is 1. The van der Waals surface area contributed by atoms with Crippen molar-refractivity contribution in [3.8, 4) is 0 Å². The number of likely N-dealkylation sites (tertiary alicyclic amines) is 1. The molecule has 3 nitrogen and oxygen atoms in total. The van der Waals surface area contributed by atoms with Gasteiger partial charge >= 0.3 is 5.97 Å². The van der Waals surface area contributed by atoms with Crippen LogP contribution in [0.4, 0.5) is 0 Å². The highest BCUT2D eigenvalue weighted by Gasteiger charge is 2.40. The lowest BCUT2D eigenvalue weighted by Crippen LogP contribution is -2.50. The predicted molar refractivity (Wildman–Crippen MR) is 58.7 cm³/mol. The van der Waals surface area contributed by atoms with Gasteiger partial charge in [-0.15, -0.1) is 0 Å². The molecule has 1 aliphatic heterocycles. The first-order valence-electron chi connectivity index (χ1n) is 6.15. The van der Waals surface area contributed by atoms with Crippen LogP contribution in [0.15, 0.2) is 0 Å². The molecule has 0 aromatic rings. The molecule has 3 unspecified atom stereocenters. The Morgan fingerprint density at radius 1 is 1.20 bits per heavy atom. The predicted octanol–water partition coefficient (Wildman–Crippen LogP) is 1.97. The van der Waals surface area contributed by atoms with Crippen LogP contribution in [0.3, 0.4) is 0 Å². The zero-order valence-corrected chi connectivity index (χ0v) is 9.48. The number of hydrogen-bond donors (Lipinski definition) is 1. The molecular formula is C12H21NO2. The zero-order chi connectivity index (χ0) is 10.8. The first-order chi connectivity index (χ1) is 7.18. The van der Waals surface area contributed by atoms with Gasteiger partial charge in [0.1, 0.15) is 0 Å². The van der Waals surface area contributed by atoms with Crippen LogP contribution in [-0.4, -0.2) is 35.1 Å². The minimum Gasteiger partial charge on any atom is -0.481 e. The molecule has 0 aromatic heterocycles. The molecule has 0 aromatic carbocycles. The highest BCUT2D eigenvalue weighted by molar-refractivity contribution is 5.72. The lowest BCUT2D eigenvalue weighted by atomic mass is 9.78. The number of hydrogen-bond acceptors (Lipinski definition) is 2. The van der Waals surface area contributed by atoms with Gasteiger partial charge in [-0.05, 0) is 51.1 Å². The van der Waals surface area contributed by atoms with Gasteiger partial charge in [0, 0.05) is 6.04 Å². The Bertz CT molecular complexity index is 242. The summed E-state index contributed by atoms with van der Waals surface area (Å²) in [5.41, 5.74) is 0. The lowest BCUT2D eigenvalue weighted by Gasteiger charge is -2.41. The van der Waals surface area contributed by atoms with Gasteiger partial charge in [0.25, 0.3) is 0 Å². The fourth-order valence-electron chi connectivity index (χ4n) is 2.82. The monoisotopic (exact) mass is 211 g/mol. The summed E-state index contributed by atoms with van der Waals surface area (Å²) in [6, 6.07) is 0.341.